The van der Waals surface area contributed by atoms with Crippen molar-refractivity contribution in [2.45, 2.75) is 58.3 Å². The third-order valence-electron chi connectivity index (χ3n) is 7.58. The topological polar surface area (TPSA) is 181 Å². The van der Waals surface area contributed by atoms with Gasteiger partial charge in [0.15, 0.2) is 11.6 Å². The summed E-state index contributed by atoms with van der Waals surface area (Å²) in [6.07, 6.45) is 1.97. The summed E-state index contributed by atoms with van der Waals surface area (Å²) in [7, 11) is 0. The number of aromatic amines is 1. The van der Waals surface area contributed by atoms with Gasteiger partial charge < -0.3 is 35.4 Å². The Morgan fingerprint density at radius 3 is 2.40 bits per heavy atom. The van der Waals surface area contributed by atoms with Gasteiger partial charge in [0, 0.05) is 44.8 Å². The lowest BCUT2D eigenvalue weighted by Gasteiger charge is -2.47. The number of hydrogen-bond acceptors (Lipinski definition) is 12. The van der Waals surface area contributed by atoms with Crippen molar-refractivity contribution in [3.05, 3.63) is 46.1 Å². The minimum absolute atomic E-state index is 0.000998. The summed E-state index contributed by atoms with van der Waals surface area (Å²) in [6.45, 7) is 9.59. The van der Waals surface area contributed by atoms with Crippen LogP contribution >= 0.6 is 0 Å². The van der Waals surface area contributed by atoms with Crippen LogP contribution in [-0.2, 0) is 6.61 Å². The van der Waals surface area contributed by atoms with Crippen LogP contribution in [0.2, 0.25) is 0 Å². The van der Waals surface area contributed by atoms with Gasteiger partial charge in [-0.3, -0.25) is 14.6 Å². The Kier molecular flexibility index (Phi) is 9.74. The summed E-state index contributed by atoms with van der Waals surface area (Å²) in [6, 6.07) is 7.59. The number of aliphatic hydroxyl groups is 2. The second-order valence-electron chi connectivity index (χ2n) is 9.90. The Labute approximate surface area is 233 Å². The predicted octanol–water partition coefficient (Wildman–Crippen LogP) is 1.33. The van der Waals surface area contributed by atoms with Crippen molar-refractivity contribution in [3.8, 4) is 17.3 Å². The summed E-state index contributed by atoms with van der Waals surface area (Å²) in [5.41, 5.74) is 6.86. The van der Waals surface area contributed by atoms with Crippen LogP contribution in [0.1, 0.15) is 51.1 Å². The molecule has 0 saturated carbocycles. The third-order valence-corrected chi connectivity index (χ3v) is 7.58. The van der Waals surface area contributed by atoms with E-state index in [0.29, 0.717) is 19.1 Å². The van der Waals surface area contributed by atoms with Gasteiger partial charge in [0.05, 0.1) is 12.6 Å². The zero-order valence-electron chi connectivity index (χ0n) is 23.3. The molecule has 5 rings (SSSR count). The van der Waals surface area contributed by atoms with Crippen LogP contribution in [0, 0.1) is 0 Å². The minimum atomic E-state index is -0.412. The first-order valence-corrected chi connectivity index (χ1v) is 13.9. The Balaban J connectivity index is 0.00000181. The van der Waals surface area contributed by atoms with E-state index in [1.54, 1.807) is 12.1 Å². The maximum absolute atomic E-state index is 12.9. The first kappa shape index (κ1) is 29.5. The Bertz CT molecular complexity index is 1290. The van der Waals surface area contributed by atoms with Crippen LogP contribution in [0.15, 0.2) is 33.5 Å². The highest BCUT2D eigenvalue weighted by Gasteiger charge is 2.34. The van der Waals surface area contributed by atoms with Gasteiger partial charge in [0.2, 0.25) is 5.89 Å². The predicted molar refractivity (Wildman–Crippen MR) is 151 cm³/mol. The fourth-order valence-corrected chi connectivity index (χ4v) is 5.61. The number of H-pyrrole nitrogens is 1. The molecule has 2 saturated heterocycles. The number of phenolic OH excluding ortho intramolecular Hbond substituents is 1. The number of nitrogens with zero attached hydrogens (tertiary/aromatic N) is 6. The van der Waals surface area contributed by atoms with Gasteiger partial charge in [-0.25, -0.2) is 4.98 Å². The number of nitrogens with one attached hydrogen (secondary N) is 1. The van der Waals surface area contributed by atoms with Gasteiger partial charge in [-0.15, -0.1) is 10.2 Å². The average molecular weight is 557 g/mol. The molecule has 0 spiro atoms. The molecule has 2 aromatic heterocycles. The van der Waals surface area contributed by atoms with Crippen molar-refractivity contribution < 1.29 is 19.7 Å². The van der Waals surface area contributed by atoms with Crippen LogP contribution < -0.4 is 16.2 Å². The normalized spacial score (nSPS) is 19.7. The standard InChI is InChI=1S/C25H34N8O5.C2H6/c1-15-12-32(23-24(37)27-21(22(26)28-23)25-30-29-20(14-35)38-25)10-11-33(15)17-6-8-31(9-7-17)19(13-34)16-2-4-18(36)5-3-16;1-2/h2-5,15,17,19,34-36H,6-14H2,1H3,(H2,26,28)(H,27,37);1-2H3/t15?,19-;/m0./s1. The Hall–Kier alpha value is -3.52. The van der Waals surface area contributed by atoms with Crippen molar-refractivity contribution in [3.63, 3.8) is 0 Å². The third kappa shape index (κ3) is 6.28. The van der Waals surface area contributed by atoms with E-state index in [-0.39, 0.29) is 53.6 Å². The lowest BCUT2D eigenvalue weighted by molar-refractivity contribution is 0.0404. The van der Waals surface area contributed by atoms with Gasteiger partial charge in [0.1, 0.15) is 18.1 Å². The molecule has 2 aliphatic heterocycles. The minimum Gasteiger partial charge on any atom is -0.508 e. The van der Waals surface area contributed by atoms with E-state index < -0.39 is 12.2 Å². The number of aromatic hydroxyl groups is 1. The number of benzene rings is 1. The largest absolute Gasteiger partial charge is 0.508 e. The van der Waals surface area contributed by atoms with E-state index in [1.165, 1.54) is 0 Å². The molecule has 6 N–H and O–H groups in total. The highest BCUT2D eigenvalue weighted by molar-refractivity contribution is 5.64. The van der Waals surface area contributed by atoms with Crippen LogP contribution in [0.4, 0.5) is 11.6 Å². The number of nitrogens with two attached hydrogens (primary N) is 1. The quantitative estimate of drug-likeness (QED) is 0.282. The monoisotopic (exact) mass is 556 g/mol. The highest BCUT2D eigenvalue weighted by Crippen LogP contribution is 2.29. The first-order valence-electron chi connectivity index (χ1n) is 13.9. The summed E-state index contributed by atoms with van der Waals surface area (Å²) in [5, 5.41) is 36.3. The number of piperazine rings is 1. The van der Waals surface area contributed by atoms with Gasteiger partial charge in [0.25, 0.3) is 11.4 Å². The SMILES string of the molecule is CC.CC1CN(c2nc(N)c(-c3nnc(CO)o3)[nH]c2=O)CCN1C1CCN([C@@H](CO)c2ccc(O)cc2)CC1. The smallest absolute Gasteiger partial charge is 0.291 e. The fourth-order valence-electron chi connectivity index (χ4n) is 5.61. The van der Waals surface area contributed by atoms with E-state index >= 15 is 0 Å². The maximum Gasteiger partial charge on any atom is 0.291 e. The van der Waals surface area contributed by atoms with E-state index in [2.05, 4.69) is 36.9 Å². The number of aliphatic hydroxyl groups excluding tert-OH is 2. The molecule has 4 heterocycles. The van der Waals surface area contributed by atoms with Gasteiger partial charge in [-0.2, -0.15) is 0 Å². The fraction of sp³-hybridized carbons (Fsp3) is 0.556. The number of hydrogen-bond donors (Lipinski definition) is 5. The van der Waals surface area contributed by atoms with Crippen LogP contribution in [0.3, 0.4) is 0 Å². The molecule has 0 bridgehead atoms. The molecule has 40 heavy (non-hydrogen) atoms. The molecule has 3 aromatic rings. The number of piperidine rings is 1. The first-order chi connectivity index (χ1) is 19.4. The van der Waals surface area contributed by atoms with Crippen LogP contribution in [-0.4, -0.2) is 96.7 Å². The van der Waals surface area contributed by atoms with E-state index in [4.69, 9.17) is 15.3 Å². The average Bonchev–Trinajstić information content (AvgIpc) is 3.46. The van der Waals surface area contributed by atoms with Crippen molar-refractivity contribution in [2.24, 2.45) is 0 Å². The van der Waals surface area contributed by atoms with Crippen LogP contribution in [0.25, 0.3) is 11.6 Å². The van der Waals surface area contributed by atoms with Crippen molar-refractivity contribution >= 4 is 11.6 Å². The molecule has 2 atom stereocenters. The summed E-state index contributed by atoms with van der Waals surface area (Å²) < 4.78 is 5.29. The van der Waals surface area contributed by atoms with E-state index in [0.717, 1.165) is 38.0 Å². The number of aromatic nitrogens is 4. The molecule has 0 radical (unpaired) electrons. The van der Waals surface area contributed by atoms with Gasteiger partial charge >= 0.3 is 0 Å². The maximum atomic E-state index is 12.9. The Morgan fingerprint density at radius 2 is 1.80 bits per heavy atom. The summed E-state index contributed by atoms with van der Waals surface area (Å²) in [4.78, 5) is 26.7. The van der Waals surface area contributed by atoms with Crippen molar-refractivity contribution in [1.29, 1.82) is 0 Å². The number of likely N-dealkylation sites (tertiary alicyclic amines) is 1. The number of phenols is 1. The van der Waals surface area contributed by atoms with Gasteiger partial charge in [-0.05, 0) is 37.5 Å². The number of anilines is 2. The number of rotatable bonds is 7. The second kappa shape index (κ2) is 13.2. The second-order valence-corrected chi connectivity index (χ2v) is 9.90. The molecule has 13 nitrogen and oxygen atoms in total. The summed E-state index contributed by atoms with van der Waals surface area (Å²) >= 11 is 0. The highest BCUT2D eigenvalue weighted by atomic mass is 16.4. The summed E-state index contributed by atoms with van der Waals surface area (Å²) in [5.74, 6) is 0.571. The Morgan fingerprint density at radius 1 is 1.10 bits per heavy atom. The zero-order chi connectivity index (χ0) is 28.8. The molecule has 2 aliphatic rings. The molecule has 0 aliphatic carbocycles. The molecule has 218 valence electrons. The van der Waals surface area contributed by atoms with Gasteiger partial charge in [-0.1, -0.05) is 26.0 Å². The van der Waals surface area contributed by atoms with E-state index in [1.807, 2.05) is 30.9 Å². The molecular weight excluding hydrogens is 516 g/mol. The molecule has 2 fully saturated rings. The lowest BCUT2D eigenvalue weighted by Crippen LogP contribution is -2.58. The molecular formula is C27H40N8O5. The van der Waals surface area contributed by atoms with E-state index in [9.17, 15) is 15.0 Å². The van der Waals surface area contributed by atoms with Crippen LogP contribution in [0.5, 0.6) is 5.75 Å². The zero-order valence-corrected chi connectivity index (χ0v) is 23.3. The number of nitrogen functional groups attached to an aromatic ring is 1. The van der Waals surface area contributed by atoms with Crippen molar-refractivity contribution in [2.75, 3.05) is 50.0 Å². The lowest BCUT2D eigenvalue weighted by atomic mass is 9.96. The van der Waals surface area contributed by atoms with Crippen molar-refractivity contribution in [1.82, 2.24) is 30.0 Å². The molecule has 13 heteroatoms. The molecule has 1 unspecified atom stereocenters. The molecule has 1 aromatic carbocycles. The molecule has 0 amide bonds.